The van der Waals surface area contributed by atoms with Gasteiger partial charge in [0.05, 0.1) is 5.56 Å². The summed E-state index contributed by atoms with van der Waals surface area (Å²) in [5.41, 5.74) is 3.81. The second-order valence-electron chi connectivity index (χ2n) is 8.95. The Balaban J connectivity index is 1.73. The van der Waals surface area contributed by atoms with Crippen LogP contribution in [0.4, 0.5) is 24.7 Å². The van der Waals surface area contributed by atoms with E-state index in [1.807, 2.05) is 62.4 Å². The minimum Gasteiger partial charge on any atom is -0.475 e. The number of anilines is 2. The Morgan fingerprint density at radius 2 is 1.61 bits per heavy atom. The molecule has 0 atom stereocenters. The Hall–Kier alpha value is -4.73. The van der Waals surface area contributed by atoms with Crippen molar-refractivity contribution >= 4 is 28.6 Å². The van der Waals surface area contributed by atoms with E-state index < -0.39 is 23.5 Å². The molecule has 0 saturated heterocycles. The molecule has 0 aliphatic heterocycles. The minimum absolute atomic E-state index is 0.149. The van der Waals surface area contributed by atoms with Crippen LogP contribution in [-0.2, 0) is 12.7 Å². The Morgan fingerprint density at radius 3 is 2.24 bits per heavy atom. The van der Waals surface area contributed by atoms with Crippen LogP contribution in [0.15, 0.2) is 72.8 Å². The molecule has 10 heteroatoms. The predicted molar refractivity (Wildman–Crippen MR) is 137 cm³/mol. The monoisotopic (exact) mass is 517 g/mol. The molecule has 5 aromatic rings. The maximum atomic E-state index is 13.1. The van der Waals surface area contributed by atoms with Gasteiger partial charge in [-0.05, 0) is 55.3 Å². The van der Waals surface area contributed by atoms with Gasteiger partial charge in [0.2, 0.25) is 5.82 Å². The zero-order valence-corrected chi connectivity index (χ0v) is 20.4. The standard InChI is InChI=1S/C28H22F3N5O2/c1-16-5-3-7-19(13-16)26-35-24-22(36(26)15-18-9-11-20(12-10-18)28(29,30)31)23(33-25(34-24)27(37)38)32-21-8-4-6-17(2)14-21/h3-14H,15H2,1-2H3,(H,37,38)(H,32,33,34). The van der Waals surface area contributed by atoms with Gasteiger partial charge in [-0.25, -0.2) is 19.7 Å². The van der Waals surface area contributed by atoms with Crippen molar-refractivity contribution in [2.24, 2.45) is 0 Å². The molecule has 0 radical (unpaired) electrons. The summed E-state index contributed by atoms with van der Waals surface area (Å²) in [4.78, 5) is 25.0. The average Bonchev–Trinajstić information content (AvgIpc) is 3.22. The summed E-state index contributed by atoms with van der Waals surface area (Å²) in [5, 5.41) is 12.8. The normalized spacial score (nSPS) is 11.6. The van der Waals surface area contributed by atoms with Crippen LogP contribution in [0.25, 0.3) is 22.6 Å². The van der Waals surface area contributed by atoms with E-state index in [1.165, 1.54) is 12.1 Å². The zero-order valence-electron chi connectivity index (χ0n) is 20.4. The summed E-state index contributed by atoms with van der Waals surface area (Å²) in [6.45, 7) is 4.00. The number of carboxylic acid groups (broad SMARTS) is 1. The Bertz CT molecular complexity index is 1660. The molecule has 0 amide bonds. The van der Waals surface area contributed by atoms with Gasteiger partial charge in [-0.3, -0.25) is 0 Å². The number of imidazole rings is 1. The molecular formula is C28H22F3N5O2. The molecule has 0 saturated carbocycles. The first-order valence-electron chi connectivity index (χ1n) is 11.7. The van der Waals surface area contributed by atoms with Crippen molar-refractivity contribution in [3.05, 3.63) is 101 Å². The van der Waals surface area contributed by atoms with Crippen LogP contribution in [-0.4, -0.2) is 30.6 Å². The van der Waals surface area contributed by atoms with Gasteiger partial charge in [-0.1, -0.05) is 48.0 Å². The number of rotatable bonds is 6. The first kappa shape index (κ1) is 24.9. The Labute approximate surface area is 215 Å². The third kappa shape index (κ3) is 5.06. The van der Waals surface area contributed by atoms with Crippen molar-refractivity contribution in [1.82, 2.24) is 19.5 Å². The third-order valence-electron chi connectivity index (χ3n) is 5.97. The van der Waals surface area contributed by atoms with E-state index >= 15 is 0 Å². The maximum absolute atomic E-state index is 13.1. The number of halogens is 3. The summed E-state index contributed by atoms with van der Waals surface area (Å²) in [7, 11) is 0. The number of nitrogens with one attached hydrogen (secondary N) is 1. The zero-order chi connectivity index (χ0) is 27.0. The summed E-state index contributed by atoms with van der Waals surface area (Å²) in [6, 6.07) is 19.9. The first-order chi connectivity index (χ1) is 18.1. The van der Waals surface area contributed by atoms with Crippen LogP contribution >= 0.6 is 0 Å². The number of aryl methyl sites for hydroxylation is 2. The number of alkyl halides is 3. The lowest BCUT2D eigenvalue weighted by atomic mass is 10.1. The molecule has 7 nitrogen and oxygen atoms in total. The summed E-state index contributed by atoms with van der Waals surface area (Å²) < 4.78 is 41.2. The van der Waals surface area contributed by atoms with Gasteiger partial charge in [0.25, 0.3) is 0 Å². The van der Waals surface area contributed by atoms with E-state index in [2.05, 4.69) is 20.3 Å². The van der Waals surface area contributed by atoms with Crippen LogP contribution < -0.4 is 5.32 Å². The van der Waals surface area contributed by atoms with Gasteiger partial charge in [0.15, 0.2) is 11.5 Å². The van der Waals surface area contributed by atoms with Gasteiger partial charge in [0, 0.05) is 17.8 Å². The molecule has 2 N–H and O–H groups in total. The van der Waals surface area contributed by atoms with Gasteiger partial charge in [-0.15, -0.1) is 0 Å². The Morgan fingerprint density at radius 1 is 0.921 bits per heavy atom. The molecule has 0 fully saturated rings. The van der Waals surface area contributed by atoms with Crippen molar-refractivity contribution < 1.29 is 23.1 Å². The number of fused-ring (bicyclic) bond motifs is 1. The average molecular weight is 518 g/mol. The summed E-state index contributed by atoms with van der Waals surface area (Å²) in [6.07, 6.45) is -4.45. The highest BCUT2D eigenvalue weighted by Crippen LogP contribution is 2.33. The number of hydrogen-bond donors (Lipinski definition) is 2. The van der Waals surface area contributed by atoms with Crippen molar-refractivity contribution in [3.63, 3.8) is 0 Å². The fourth-order valence-corrected chi connectivity index (χ4v) is 4.22. The topological polar surface area (TPSA) is 92.9 Å². The second-order valence-corrected chi connectivity index (χ2v) is 8.95. The van der Waals surface area contributed by atoms with E-state index in [0.29, 0.717) is 22.6 Å². The lowest BCUT2D eigenvalue weighted by Crippen LogP contribution is -2.10. The molecular weight excluding hydrogens is 495 g/mol. The number of nitrogens with zero attached hydrogens (tertiary/aromatic N) is 4. The molecule has 38 heavy (non-hydrogen) atoms. The minimum atomic E-state index is -4.45. The van der Waals surface area contributed by atoms with E-state index in [9.17, 15) is 23.1 Å². The SMILES string of the molecule is Cc1cccc(Nc2nc(C(=O)O)nc3nc(-c4cccc(C)c4)n(Cc4ccc(C(F)(F)F)cc4)c23)c1. The molecule has 0 aliphatic carbocycles. The van der Waals surface area contributed by atoms with Gasteiger partial charge in [-0.2, -0.15) is 13.2 Å². The van der Waals surface area contributed by atoms with E-state index in [1.54, 1.807) is 4.57 Å². The van der Waals surface area contributed by atoms with E-state index in [0.717, 1.165) is 28.8 Å². The number of hydrogen-bond acceptors (Lipinski definition) is 5. The van der Waals surface area contributed by atoms with Crippen molar-refractivity contribution in [1.29, 1.82) is 0 Å². The number of aromatic nitrogens is 4. The summed E-state index contributed by atoms with van der Waals surface area (Å²) in [5.74, 6) is -1.04. The molecule has 0 bridgehead atoms. The number of carbonyl (C=O) groups is 1. The lowest BCUT2D eigenvalue weighted by molar-refractivity contribution is -0.137. The molecule has 0 unspecified atom stereocenters. The van der Waals surface area contributed by atoms with Crippen molar-refractivity contribution in [2.45, 2.75) is 26.6 Å². The number of benzene rings is 3. The highest BCUT2D eigenvalue weighted by atomic mass is 19.4. The van der Waals surface area contributed by atoms with E-state index in [-0.39, 0.29) is 18.0 Å². The predicted octanol–water partition coefficient (Wildman–Crippen LogP) is 6.62. The quantitative estimate of drug-likeness (QED) is 0.263. The van der Waals surface area contributed by atoms with Crippen LogP contribution in [0.5, 0.6) is 0 Å². The van der Waals surface area contributed by atoms with Crippen molar-refractivity contribution in [2.75, 3.05) is 5.32 Å². The number of aromatic carboxylic acids is 1. The highest BCUT2D eigenvalue weighted by molar-refractivity contribution is 5.93. The maximum Gasteiger partial charge on any atom is 0.416 e. The largest absolute Gasteiger partial charge is 0.475 e. The van der Waals surface area contributed by atoms with Gasteiger partial charge < -0.3 is 15.0 Å². The molecule has 0 spiro atoms. The fourth-order valence-electron chi connectivity index (χ4n) is 4.22. The van der Waals surface area contributed by atoms with Crippen LogP contribution in [0, 0.1) is 13.8 Å². The lowest BCUT2D eigenvalue weighted by Gasteiger charge is -2.14. The Kier molecular flexibility index (Phi) is 6.31. The fraction of sp³-hybridized carbons (Fsp3) is 0.143. The van der Waals surface area contributed by atoms with Crippen LogP contribution in [0.1, 0.15) is 32.9 Å². The molecule has 3 aromatic carbocycles. The van der Waals surface area contributed by atoms with Gasteiger partial charge in [0.1, 0.15) is 11.3 Å². The van der Waals surface area contributed by atoms with Crippen LogP contribution in [0.2, 0.25) is 0 Å². The number of carboxylic acids is 1. The molecule has 5 rings (SSSR count). The highest BCUT2D eigenvalue weighted by Gasteiger charge is 2.30. The second kappa shape index (κ2) is 9.62. The third-order valence-corrected chi connectivity index (χ3v) is 5.97. The smallest absolute Gasteiger partial charge is 0.416 e. The summed E-state index contributed by atoms with van der Waals surface area (Å²) >= 11 is 0. The molecule has 2 heterocycles. The van der Waals surface area contributed by atoms with E-state index in [4.69, 9.17) is 0 Å². The molecule has 2 aromatic heterocycles. The van der Waals surface area contributed by atoms with Crippen molar-refractivity contribution in [3.8, 4) is 11.4 Å². The molecule has 192 valence electrons. The first-order valence-corrected chi connectivity index (χ1v) is 11.7. The van der Waals surface area contributed by atoms with Crippen LogP contribution in [0.3, 0.4) is 0 Å². The van der Waals surface area contributed by atoms with Gasteiger partial charge >= 0.3 is 12.1 Å². The molecule has 0 aliphatic rings.